The second-order valence-corrected chi connectivity index (χ2v) is 4.30. The molecule has 0 radical (unpaired) electrons. The number of nitrogens with zero attached hydrogens (tertiary/aromatic N) is 1. The lowest BCUT2D eigenvalue weighted by Gasteiger charge is -2.08. The summed E-state index contributed by atoms with van der Waals surface area (Å²) in [5, 5.41) is 0. The van der Waals surface area contributed by atoms with Crippen LogP contribution in [0.4, 0.5) is 4.39 Å². The number of alkyl halides is 1. The van der Waals surface area contributed by atoms with Crippen molar-refractivity contribution in [3.05, 3.63) is 60.9 Å². The van der Waals surface area contributed by atoms with Crippen LogP contribution in [-0.4, -0.2) is 17.7 Å². The van der Waals surface area contributed by atoms with Crippen LogP contribution in [0.25, 0.3) is 16.6 Å². The van der Waals surface area contributed by atoms with Gasteiger partial charge in [0.15, 0.2) is 0 Å². The number of fused-ring (bicyclic) bond motifs is 1. The fraction of sp³-hybridized carbons (Fsp3) is 0.125. The third-order valence-electron chi connectivity index (χ3n) is 3.04. The lowest BCUT2D eigenvalue weighted by Crippen LogP contribution is -1.99. The van der Waals surface area contributed by atoms with E-state index in [2.05, 4.69) is 16.5 Å². The molecule has 1 aromatic carbocycles. The molecule has 3 heteroatoms. The second kappa shape index (κ2) is 5.14. The normalized spacial score (nSPS) is 10.8. The lowest BCUT2D eigenvalue weighted by molar-refractivity contribution is 0.274. The van der Waals surface area contributed by atoms with E-state index in [1.807, 2.05) is 48.8 Å². The van der Waals surface area contributed by atoms with E-state index in [-0.39, 0.29) is 6.61 Å². The van der Waals surface area contributed by atoms with Crippen LogP contribution in [0, 0.1) is 0 Å². The maximum absolute atomic E-state index is 12.3. The van der Waals surface area contributed by atoms with Crippen molar-refractivity contribution in [3.8, 4) is 16.9 Å². The number of rotatable bonds is 4. The molecule has 0 unspecified atom stereocenters. The summed E-state index contributed by atoms with van der Waals surface area (Å²) in [6.07, 6.45) is 4.05. The number of hydrogen-bond acceptors (Lipinski definition) is 1. The van der Waals surface area contributed by atoms with Gasteiger partial charge in [-0.05, 0) is 24.3 Å². The summed E-state index contributed by atoms with van der Waals surface area (Å²) in [5.41, 5.74) is 3.18. The Morgan fingerprint density at radius 1 is 1.05 bits per heavy atom. The molecule has 0 saturated heterocycles. The summed E-state index contributed by atoms with van der Waals surface area (Å²) in [7, 11) is 0. The van der Waals surface area contributed by atoms with Crippen LogP contribution in [0.3, 0.4) is 0 Å². The highest BCUT2D eigenvalue weighted by Crippen LogP contribution is 2.31. The standard InChI is InChI=1S/C16H14FNO/c17-8-10-19-16-7-2-1-6-15(16)13-11-14-5-3-4-9-18(14)12-13/h1-7,9,11-12H,8,10H2. The molecule has 0 bridgehead atoms. The van der Waals surface area contributed by atoms with Gasteiger partial charge in [0.1, 0.15) is 19.0 Å². The molecule has 0 aliphatic heterocycles. The average molecular weight is 255 g/mol. The Morgan fingerprint density at radius 2 is 1.89 bits per heavy atom. The Bertz CT molecular complexity index is 657. The summed E-state index contributed by atoms with van der Waals surface area (Å²) in [4.78, 5) is 0. The molecule has 3 rings (SSSR count). The van der Waals surface area contributed by atoms with Crippen molar-refractivity contribution in [2.75, 3.05) is 13.3 Å². The Kier molecular flexibility index (Phi) is 3.19. The third kappa shape index (κ3) is 2.32. The molecule has 2 nitrogen and oxygen atoms in total. The predicted molar refractivity (Wildman–Crippen MR) is 74.3 cm³/mol. The van der Waals surface area contributed by atoms with Gasteiger partial charge in [-0.15, -0.1) is 0 Å². The van der Waals surface area contributed by atoms with Gasteiger partial charge < -0.3 is 9.14 Å². The van der Waals surface area contributed by atoms with E-state index >= 15 is 0 Å². The summed E-state index contributed by atoms with van der Waals surface area (Å²) >= 11 is 0. The number of hydrogen-bond donors (Lipinski definition) is 0. The van der Waals surface area contributed by atoms with Crippen LogP contribution in [0.15, 0.2) is 60.9 Å². The van der Waals surface area contributed by atoms with Crippen LogP contribution < -0.4 is 4.74 Å². The minimum Gasteiger partial charge on any atom is -0.490 e. The molecule has 3 aromatic rings. The zero-order valence-electron chi connectivity index (χ0n) is 10.4. The molecular weight excluding hydrogens is 241 g/mol. The molecular formula is C16H14FNO. The molecule has 2 heterocycles. The van der Waals surface area contributed by atoms with E-state index in [0.29, 0.717) is 0 Å². The first-order valence-corrected chi connectivity index (χ1v) is 6.23. The van der Waals surface area contributed by atoms with Crippen molar-refractivity contribution in [1.29, 1.82) is 0 Å². The van der Waals surface area contributed by atoms with Crippen LogP contribution in [-0.2, 0) is 0 Å². The van der Waals surface area contributed by atoms with Crippen molar-refractivity contribution >= 4 is 5.52 Å². The second-order valence-electron chi connectivity index (χ2n) is 4.30. The maximum Gasteiger partial charge on any atom is 0.127 e. The first kappa shape index (κ1) is 11.8. The molecule has 0 fully saturated rings. The predicted octanol–water partition coefficient (Wildman–Crippen LogP) is 3.95. The smallest absolute Gasteiger partial charge is 0.127 e. The number of benzene rings is 1. The van der Waals surface area contributed by atoms with Gasteiger partial charge in [0.2, 0.25) is 0 Å². The molecule has 0 aliphatic rings. The molecule has 96 valence electrons. The van der Waals surface area contributed by atoms with E-state index in [0.717, 1.165) is 22.4 Å². The molecule has 0 aliphatic carbocycles. The van der Waals surface area contributed by atoms with Gasteiger partial charge in [-0.25, -0.2) is 4.39 Å². The minimum atomic E-state index is -0.480. The van der Waals surface area contributed by atoms with Gasteiger partial charge in [0.25, 0.3) is 0 Å². The van der Waals surface area contributed by atoms with Crippen LogP contribution in [0.5, 0.6) is 5.75 Å². The van der Waals surface area contributed by atoms with Gasteiger partial charge in [0.05, 0.1) is 0 Å². The van der Waals surface area contributed by atoms with Gasteiger partial charge in [0, 0.05) is 29.0 Å². The molecule has 2 aromatic heterocycles. The van der Waals surface area contributed by atoms with Gasteiger partial charge >= 0.3 is 0 Å². The molecule has 19 heavy (non-hydrogen) atoms. The highest BCUT2D eigenvalue weighted by molar-refractivity contribution is 5.74. The van der Waals surface area contributed by atoms with Crippen LogP contribution >= 0.6 is 0 Å². The largest absolute Gasteiger partial charge is 0.490 e. The van der Waals surface area contributed by atoms with Crippen molar-refractivity contribution in [1.82, 2.24) is 4.40 Å². The third-order valence-corrected chi connectivity index (χ3v) is 3.04. The van der Waals surface area contributed by atoms with E-state index in [1.165, 1.54) is 0 Å². The van der Waals surface area contributed by atoms with Crippen LogP contribution in [0.1, 0.15) is 0 Å². The van der Waals surface area contributed by atoms with E-state index < -0.39 is 6.67 Å². The summed E-state index contributed by atoms with van der Waals surface area (Å²) in [6.45, 7) is -0.392. The zero-order chi connectivity index (χ0) is 13.1. The molecule has 0 spiro atoms. The maximum atomic E-state index is 12.3. The summed E-state index contributed by atoms with van der Waals surface area (Å²) < 4.78 is 19.8. The first-order valence-electron chi connectivity index (χ1n) is 6.23. The number of pyridine rings is 1. The van der Waals surface area contributed by atoms with Crippen molar-refractivity contribution in [2.24, 2.45) is 0 Å². The number of aromatic nitrogens is 1. The molecule has 0 atom stereocenters. The van der Waals surface area contributed by atoms with Gasteiger partial charge in [-0.2, -0.15) is 0 Å². The molecule has 0 N–H and O–H groups in total. The van der Waals surface area contributed by atoms with Gasteiger partial charge in [-0.1, -0.05) is 24.3 Å². The van der Waals surface area contributed by atoms with E-state index in [4.69, 9.17) is 4.74 Å². The van der Waals surface area contributed by atoms with E-state index in [1.54, 1.807) is 0 Å². The lowest BCUT2D eigenvalue weighted by atomic mass is 10.1. The Labute approximate surface area is 111 Å². The highest BCUT2D eigenvalue weighted by atomic mass is 19.1. The van der Waals surface area contributed by atoms with Crippen molar-refractivity contribution in [3.63, 3.8) is 0 Å². The van der Waals surface area contributed by atoms with E-state index in [9.17, 15) is 4.39 Å². The Morgan fingerprint density at radius 3 is 2.74 bits per heavy atom. The Balaban J connectivity index is 2.05. The number of halogens is 1. The number of ether oxygens (including phenoxy) is 1. The van der Waals surface area contributed by atoms with Crippen molar-refractivity contribution < 1.29 is 9.13 Å². The summed E-state index contributed by atoms with van der Waals surface area (Å²) in [5.74, 6) is 0.719. The SMILES string of the molecule is FCCOc1ccccc1-c1cc2ccccn2c1. The first-order chi connectivity index (χ1) is 9.38. The number of para-hydroxylation sites is 1. The monoisotopic (exact) mass is 255 g/mol. The molecule has 0 amide bonds. The van der Waals surface area contributed by atoms with Gasteiger partial charge in [-0.3, -0.25) is 0 Å². The zero-order valence-corrected chi connectivity index (χ0v) is 10.4. The van der Waals surface area contributed by atoms with Crippen LogP contribution in [0.2, 0.25) is 0 Å². The summed E-state index contributed by atoms with van der Waals surface area (Å²) in [6, 6.07) is 15.8. The molecule has 0 saturated carbocycles. The average Bonchev–Trinajstić information content (AvgIpc) is 2.89. The fourth-order valence-electron chi connectivity index (χ4n) is 2.18. The van der Waals surface area contributed by atoms with Crippen molar-refractivity contribution in [2.45, 2.75) is 0 Å². The quantitative estimate of drug-likeness (QED) is 0.688. The topological polar surface area (TPSA) is 13.6 Å². The minimum absolute atomic E-state index is 0.0877. The fourth-order valence-corrected chi connectivity index (χ4v) is 2.18. The Hall–Kier alpha value is -2.29. The highest BCUT2D eigenvalue weighted by Gasteiger charge is 2.08.